The Kier molecular flexibility index (Phi) is 10.2. The van der Waals surface area contributed by atoms with E-state index in [1.54, 1.807) is 24.3 Å². The average molecular weight is 614 g/mol. The van der Waals surface area contributed by atoms with E-state index >= 15 is 0 Å². The molecule has 3 aliphatic rings. The summed E-state index contributed by atoms with van der Waals surface area (Å²) in [4.78, 5) is 48.7. The number of aromatic nitrogens is 2. The Morgan fingerprint density at radius 1 is 1.16 bits per heavy atom. The molecule has 1 saturated carbocycles. The molecule has 0 spiro atoms. The maximum atomic E-state index is 14.1. The second-order valence-electron chi connectivity index (χ2n) is 11.9. The summed E-state index contributed by atoms with van der Waals surface area (Å²) < 4.78 is 33.8. The summed E-state index contributed by atoms with van der Waals surface area (Å²) in [5.41, 5.74) is 0.912. The normalized spacial score (nSPS) is 18.0. The van der Waals surface area contributed by atoms with Crippen LogP contribution in [0, 0.1) is 5.92 Å². The van der Waals surface area contributed by atoms with Gasteiger partial charge in [0, 0.05) is 43.4 Å². The van der Waals surface area contributed by atoms with Crippen molar-refractivity contribution < 1.29 is 27.9 Å². The largest absolute Gasteiger partial charge is 0.495 e. The van der Waals surface area contributed by atoms with E-state index in [1.807, 2.05) is 4.90 Å². The van der Waals surface area contributed by atoms with Crippen molar-refractivity contribution in [3.05, 3.63) is 36.0 Å². The first-order chi connectivity index (χ1) is 21.2. The fourth-order valence-electron chi connectivity index (χ4n) is 6.08. The number of carbonyl (C=O) groups is 3. The van der Waals surface area contributed by atoms with Gasteiger partial charge in [-0.2, -0.15) is 13.8 Å². The number of aldehydes is 1. The van der Waals surface area contributed by atoms with Crippen LogP contribution >= 0.6 is 0 Å². The number of carbonyl (C=O) groups excluding carboxylic acids is 3. The zero-order valence-electron chi connectivity index (χ0n) is 25.1. The second-order valence-corrected chi connectivity index (χ2v) is 11.9. The molecule has 5 rings (SSSR count). The molecule has 2 aromatic rings. The average Bonchev–Trinajstić information content (AvgIpc) is 3.55. The minimum Gasteiger partial charge on any atom is -0.495 e. The van der Waals surface area contributed by atoms with E-state index in [4.69, 9.17) is 4.74 Å². The fourth-order valence-corrected chi connectivity index (χ4v) is 6.08. The van der Waals surface area contributed by atoms with Crippen molar-refractivity contribution in [3.8, 4) is 5.75 Å². The number of anilines is 3. The van der Waals surface area contributed by atoms with Crippen molar-refractivity contribution >= 4 is 35.6 Å². The lowest BCUT2D eigenvalue weighted by Gasteiger charge is -2.33. The number of nitrogens with zero attached hydrogens (tertiary/aromatic N) is 4. The molecule has 0 radical (unpaired) electrons. The lowest BCUT2D eigenvalue weighted by Crippen LogP contribution is -2.47. The fraction of sp³-hybridized carbons (Fsp3) is 0.581. The molecule has 2 saturated heterocycles. The Morgan fingerprint density at radius 2 is 1.91 bits per heavy atom. The summed E-state index contributed by atoms with van der Waals surface area (Å²) >= 11 is 0. The third-order valence-electron chi connectivity index (χ3n) is 8.78. The van der Waals surface area contributed by atoms with Crippen molar-refractivity contribution in [1.82, 2.24) is 25.5 Å². The molecule has 1 aromatic carbocycles. The Hall–Kier alpha value is -3.87. The number of likely N-dealkylation sites (tertiary alicyclic amines) is 1. The van der Waals surface area contributed by atoms with Gasteiger partial charge in [0.25, 0.3) is 5.91 Å². The first kappa shape index (κ1) is 31.6. The molecule has 13 heteroatoms. The van der Waals surface area contributed by atoms with E-state index in [2.05, 4.69) is 25.9 Å². The van der Waals surface area contributed by atoms with Crippen LogP contribution in [0.15, 0.2) is 30.5 Å². The standard InChI is InChI=1S/C31H41F2N7O4/c1-44-26-16-22(29(43)36-23-11-14-39(15-12-23)28(42)9-6-21-17-34-18-21)7-8-25(26)37-30-35-13-10-27(38-30)40(19-31(32,33)20-41)24-4-2-3-5-24/h7-8,10,13,16,20-21,23-24,34H,2-6,9,11-12,14-15,17-19H2,1H3,(H,36,43)(H,35,37,38). The van der Waals surface area contributed by atoms with Gasteiger partial charge in [-0.05, 0) is 75.4 Å². The van der Waals surface area contributed by atoms with Crippen LogP contribution in [0.4, 0.5) is 26.2 Å². The zero-order valence-corrected chi connectivity index (χ0v) is 25.1. The van der Waals surface area contributed by atoms with Crippen molar-refractivity contribution in [3.63, 3.8) is 0 Å². The van der Waals surface area contributed by atoms with Crippen molar-refractivity contribution in [1.29, 1.82) is 0 Å². The van der Waals surface area contributed by atoms with Crippen molar-refractivity contribution in [2.45, 2.75) is 69.4 Å². The lowest BCUT2D eigenvalue weighted by atomic mass is 9.96. The van der Waals surface area contributed by atoms with Crippen molar-refractivity contribution in [2.75, 3.05) is 50.1 Å². The highest BCUT2D eigenvalue weighted by Crippen LogP contribution is 2.32. The molecule has 1 aliphatic carbocycles. The molecule has 2 amide bonds. The van der Waals surface area contributed by atoms with Crippen LogP contribution in [0.5, 0.6) is 5.75 Å². The third-order valence-corrected chi connectivity index (χ3v) is 8.78. The summed E-state index contributed by atoms with van der Waals surface area (Å²) in [5.74, 6) is -2.09. The Bertz CT molecular complexity index is 1310. The summed E-state index contributed by atoms with van der Waals surface area (Å²) in [6, 6.07) is 6.34. The summed E-state index contributed by atoms with van der Waals surface area (Å²) in [6.45, 7) is 2.50. The smallest absolute Gasteiger partial charge is 0.319 e. The number of hydrogen-bond donors (Lipinski definition) is 3. The Balaban J connectivity index is 1.19. The zero-order chi connectivity index (χ0) is 31.1. The van der Waals surface area contributed by atoms with Gasteiger partial charge in [-0.15, -0.1) is 0 Å². The number of piperidine rings is 1. The molecule has 11 nitrogen and oxygen atoms in total. The number of hydrogen-bond acceptors (Lipinski definition) is 9. The van der Waals surface area contributed by atoms with Crippen molar-refractivity contribution in [2.24, 2.45) is 5.92 Å². The summed E-state index contributed by atoms with van der Waals surface area (Å²) in [5, 5.41) is 9.38. The number of halogens is 2. The minimum absolute atomic E-state index is 0.0308. The van der Waals surface area contributed by atoms with Crippen LogP contribution < -0.4 is 25.6 Å². The molecular weight excluding hydrogens is 572 g/mol. The first-order valence-corrected chi connectivity index (χ1v) is 15.4. The van der Waals surface area contributed by atoms with Gasteiger partial charge in [0.15, 0.2) is 6.29 Å². The maximum Gasteiger partial charge on any atom is 0.319 e. The third kappa shape index (κ3) is 7.99. The number of alkyl halides is 2. The highest BCUT2D eigenvalue weighted by molar-refractivity contribution is 5.95. The Morgan fingerprint density at radius 3 is 2.57 bits per heavy atom. The topological polar surface area (TPSA) is 129 Å². The van der Waals surface area contributed by atoms with Gasteiger partial charge in [-0.3, -0.25) is 14.4 Å². The molecule has 3 heterocycles. The number of nitrogens with one attached hydrogen (secondary N) is 3. The minimum atomic E-state index is -3.50. The number of amides is 2. The molecular formula is C31H41F2N7O4. The predicted molar refractivity (Wildman–Crippen MR) is 162 cm³/mol. The highest BCUT2D eigenvalue weighted by Gasteiger charge is 2.36. The van der Waals surface area contributed by atoms with Gasteiger partial charge >= 0.3 is 5.92 Å². The van der Waals surface area contributed by atoms with Gasteiger partial charge in [-0.1, -0.05) is 12.8 Å². The molecule has 3 fully saturated rings. The SMILES string of the molecule is COc1cc(C(=O)NC2CCN(C(=O)CCC3CNC3)CC2)ccc1Nc1nccc(N(CC(F)(F)C=O)C2CCCC2)n1. The van der Waals surface area contributed by atoms with E-state index in [0.717, 1.165) is 45.2 Å². The van der Waals surface area contributed by atoms with Crippen LogP contribution in [0.2, 0.25) is 0 Å². The maximum absolute atomic E-state index is 14.1. The second kappa shape index (κ2) is 14.3. The van der Waals surface area contributed by atoms with E-state index in [1.165, 1.54) is 18.2 Å². The van der Waals surface area contributed by atoms with Crippen LogP contribution in [0.1, 0.15) is 61.7 Å². The van der Waals surface area contributed by atoms with Gasteiger partial charge in [0.05, 0.1) is 19.3 Å². The number of methoxy groups -OCH3 is 1. The van der Waals surface area contributed by atoms with Gasteiger partial charge in [0.1, 0.15) is 11.6 Å². The van der Waals surface area contributed by atoms with Crippen LogP contribution in [-0.4, -0.2) is 90.8 Å². The first-order valence-electron chi connectivity index (χ1n) is 15.4. The van der Waals surface area contributed by atoms with Crippen LogP contribution in [0.3, 0.4) is 0 Å². The van der Waals surface area contributed by atoms with E-state index in [-0.39, 0.29) is 36.1 Å². The molecule has 0 atom stereocenters. The molecule has 238 valence electrons. The molecule has 2 aliphatic heterocycles. The summed E-state index contributed by atoms with van der Waals surface area (Å²) in [7, 11) is 1.48. The molecule has 0 unspecified atom stereocenters. The summed E-state index contributed by atoms with van der Waals surface area (Å²) in [6.07, 6.45) is 7.40. The molecule has 44 heavy (non-hydrogen) atoms. The number of ether oxygens (including phenoxy) is 1. The van der Waals surface area contributed by atoms with Gasteiger partial charge < -0.3 is 30.5 Å². The molecule has 1 aromatic heterocycles. The number of benzene rings is 1. The predicted octanol–water partition coefficient (Wildman–Crippen LogP) is 3.53. The Labute approximate surface area is 256 Å². The van der Waals surface area contributed by atoms with Crippen LogP contribution in [0.25, 0.3) is 0 Å². The van der Waals surface area contributed by atoms with Crippen LogP contribution in [-0.2, 0) is 9.59 Å². The van der Waals surface area contributed by atoms with E-state index in [0.29, 0.717) is 61.1 Å². The van der Waals surface area contributed by atoms with E-state index in [9.17, 15) is 23.2 Å². The quantitative estimate of drug-likeness (QED) is 0.291. The van der Waals surface area contributed by atoms with Gasteiger partial charge in [-0.25, -0.2) is 4.98 Å². The monoisotopic (exact) mass is 613 g/mol. The lowest BCUT2D eigenvalue weighted by molar-refractivity contribution is -0.132. The number of rotatable bonds is 13. The highest BCUT2D eigenvalue weighted by atomic mass is 19.3. The van der Waals surface area contributed by atoms with E-state index < -0.39 is 12.5 Å². The molecule has 3 N–H and O–H groups in total. The molecule has 0 bridgehead atoms. The van der Waals surface area contributed by atoms with Gasteiger partial charge in [0.2, 0.25) is 11.9 Å².